The maximum Gasteiger partial charge on any atom is 0.406 e. The van der Waals surface area contributed by atoms with Gasteiger partial charge in [0, 0.05) is 13.5 Å². The molecule has 0 bridgehead atoms. The molecule has 0 aliphatic carbocycles. The van der Waals surface area contributed by atoms with Gasteiger partial charge in [-0.3, -0.25) is 4.79 Å². The zero-order chi connectivity index (χ0) is 11.1. The molecule has 80 valence electrons. The minimum Gasteiger partial charge on any atom is -0.337 e. The zero-order valence-corrected chi connectivity index (χ0v) is 8.40. The van der Waals surface area contributed by atoms with Crippen molar-refractivity contribution in [3.63, 3.8) is 0 Å². The van der Waals surface area contributed by atoms with Crippen molar-refractivity contribution in [1.29, 1.82) is 0 Å². The molecule has 0 aromatic rings. The summed E-state index contributed by atoms with van der Waals surface area (Å²) < 4.78 is 34.8. The molecule has 0 saturated carbocycles. The standard InChI is InChI=1S/C6H10F3NO.C2H6/c1-3-5(11)10(2)4-6(7,8)9;1-2/h3-4H2,1-2H3;1-2H3. The second kappa shape index (κ2) is 6.74. The highest BCUT2D eigenvalue weighted by molar-refractivity contribution is 5.75. The first-order valence-electron chi connectivity index (χ1n) is 4.17. The fraction of sp³-hybridized carbons (Fsp3) is 0.875. The molecule has 0 rings (SSSR count). The van der Waals surface area contributed by atoms with Crippen molar-refractivity contribution in [3.8, 4) is 0 Å². The molecular weight excluding hydrogens is 183 g/mol. The van der Waals surface area contributed by atoms with Crippen molar-refractivity contribution in [2.75, 3.05) is 13.6 Å². The van der Waals surface area contributed by atoms with Crippen LogP contribution in [0.25, 0.3) is 0 Å². The highest BCUT2D eigenvalue weighted by atomic mass is 19.4. The second-order valence-corrected chi connectivity index (χ2v) is 2.22. The second-order valence-electron chi connectivity index (χ2n) is 2.22. The number of halogens is 3. The predicted molar refractivity (Wildman–Crippen MR) is 45.3 cm³/mol. The third-order valence-electron chi connectivity index (χ3n) is 1.14. The van der Waals surface area contributed by atoms with E-state index in [2.05, 4.69) is 0 Å². The maximum atomic E-state index is 11.6. The van der Waals surface area contributed by atoms with E-state index < -0.39 is 18.6 Å². The van der Waals surface area contributed by atoms with Gasteiger partial charge in [-0.05, 0) is 0 Å². The minimum absolute atomic E-state index is 0.104. The summed E-state index contributed by atoms with van der Waals surface area (Å²) >= 11 is 0. The Balaban J connectivity index is 0. The van der Waals surface area contributed by atoms with Gasteiger partial charge < -0.3 is 4.90 Å². The predicted octanol–water partition coefficient (Wildman–Crippen LogP) is 2.44. The summed E-state index contributed by atoms with van der Waals surface area (Å²) in [6.45, 7) is 4.36. The van der Waals surface area contributed by atoms with Gasteiger partial charge in [0.25, 0.3) is 0 Å². The van der Waals surface area contributed by atoms with Crippen molar-refractivity contribution in [3.05, 3.63) is 0 Å². The molecule has 0 aliphatic rings. The van der Waals surface area contributed by atoms with E-state index in [0.717, 1.165) is 7.05 Å². The Kier molecular flexibility index (Phi) is 7.66. The van der Waals surface area contributed by atoms with Crippen LogP contribution < -0.4 is 0 Å². The minimum atomic E-state index is -4.29. The molecule has 0 aliphatic heterocycles. The van der Waals surface area contributed by atoms with Crippen molar-refractivity contribution in [1.82, 2.24) is 4.90 Å². The van der Waals surface area contributed by atoms with E-state index in [1.807, 2.05) is 13.8 Å². The van der Waals surface area contributed by atoms with Crippen LogP contribution in [0.2, 0.25) is 0 Å². The van der Waals surface area contributed by atoms with E-state index in [0.29, 0.717) is 4.90 Å². The molecule has 0 saturated heterocycles. The quantitative estimate of drug-likeness (QED) is 0.668. The number of hydrogen-bond acceptors (Lipinski definition) is 1. The number of alkyl halides is 3. The SMILES string of the molecule is CC.CCC(=O)N(C)CC(F)(F)F. The molecule has 0 N–H and O–H groups in total. The lowest BCUT2D eigenvalue weighted by Crippen LogP contribution is -2.35. The highest BCUT2D eigenvalue weighted by Gasteiger charge is 2.30. The van der Waals surface area contributed by atoms with Gasteiger partial charge in [0.05, 0.1) is 0 Å². The Morgan fingerprint density at radius 2 is 1.69 bits per heavy atom. The summed E-state index contributed by atoms with van der Waals surface area (Å²) in [5, 5.41) is 0. The topological polar surface area (TPSA) is 20.3 Å². The number of rotatable bonds is 2. The number of amides is 1. The van der Waals surface area contributed by atoms with Crippen molar-refractivity contribution in [2.24, 2.45) is 0 Å². The number of hydrogen-bond donors (Lipinski definition) is 0. The van der Waals surface area contributed by atoms with Crippen LogP contribution in [0.4, 0.5) is 13.2 Å². The zero-order valence-electron chi connectivity index (χ0n) is 8.40. The Morgan fingerprint density at radius 1 is 1.31 bits per heavy atom. The van der Waals surface area contributed by atoms with Gasteiger partial charge in [-0.1, -0.05) is 20.8 Å². The summed E-state index contributed by atoms with van der Waals surface area (Å²) in [5.74, 6) is -0.498. The van der Waals surface area contributed by atoms with Crippen molar-refractivity contribution < 1.29 is 18.0 Å². The molecule has 0 aromatic carbocycles. The van der Waals surface area contributed by atoms with E-state index in [1.165, 1.54) is 6.92 Å². The monoisotopic (exact) mass is 199 g/mol. The fourth-order valence-corrected chi connectivity index (χ4v) is 0.627. The first-order valence-corrected chi connectivity index (χ1v) is 4.17. The van der Waals surface area contributed by atoms with Gasteiger partial charge in [0.15, 0.2) is 0 Å². The summed E-state index contributed by atoms with van der Waals surface area (Å²) in [6, 6.07) is 0. The van der Waals surface area contributed by atoms with Crippen LogP contribution in [0.1, 0.15) is 27.2 Å². The van der Waals surface area contributed by atoms with Crippen LogP contribution in [0.15, 0.2) is 0 Å². The maximum absolute atomic E-state index is 11.6. The Morgan fingerprint density at radius 3 is 1.92 bits per heavy atom. The first kappa shape index (κ1) is 14.8. The van der Waals surface area contributed by atoms with Crippen LogP contribution in [0.3, 0.4) is 0 Å². The normalized spacial score (nSPS) is 10.1. The Hall–Kier alpha value is -0.740. The Bertz CT molecular complexity index is 145. The van der Waals surface area contributed by atoms with E-state index >= 15 is 0 Å². The third-order valence-corrected chi connectivity index (χ3v) is 1.14. The lowest BCUT2D eigenvalue weighted by Gasteiger charge is -2.17. The van der Waals surface area contributed by atoms with E-state index in [9.17, 15) is 18.0 Å². The molecule has 0 aromatic heterocycles. The van der Waals surface area contributed by atoms with Crippen LogP contribution in [0.5, 0.6) is 0 Å². The molecule has 5 heteroatoms. The van der Waals surface area contributed by atoms with Gasteiger partial charge in [-0.25, -0.2) is 0 Å². The lowest BCUT2D eigenvalue weighted by atomic mass is 10.4. The average Bonchev–Trinajstić information content (AvgIpc) is 2.03. The van der Waals surface area contributed by atoms with Gasteiger partial charge in [0.1, 0.15) is 6.54 Å². The smallest absolute Gasteiger partial charge is 0.337 e. The van der Waals surface area contributed by atoms with Gasteiger partial charge >= 0.3 is 6.18 Å². The summed E-state index contributed by atoms with van der Waals surface area (Å²) in [6.07, 6.45) is -4.19. The van der Waals surface area contributed by atoms with Crippen molar-refractivity contribution >= 4 is 5.91 Å². The van der Waals surface area contributed by atoms with Gasteiger partial charge in [0.2, 0.25) is 5.91 Å². The Labute approximate surface area is 76.7 Å². The van der Waals surface area contributed by atoms with Crippen LogP contribution >= 0.6 is 0 Å². The summed E-state index contributed by atoms with van der Waals surface area (Å²) in [5.41, 5.74) is 0. The molecule has 0 spiro atoms. The van der Waals surface area contributed by atoms with Crippen LogP contribution in [-0.4, -0.2) is 30.6 Å². The van der Waals surface area contributed by atoms with E-state index in [-0.39, 0.29) is 6.42 Å². The summed E-state index contributed by atoms with van der Waals surface area (Å²) in [4.78, 5) is 11.3. The molecule has 1 amide bonds. The van der Waals surface area contributed by atoms with Crippen molar-refractivity contribution in [2.45, 2.75) is 33.4 Å². The van der Waals surface area contributed by atoms with Gasteiger partial charge in [-0.2, -0.15) is 13.2 Å². The molecular formula is C8H16F3NO. The lowest BCUT2D eigenvalue weighted by molar-refractivity contribution is -0.158. The largest absolute Gasteiger partial charge is 0.406 e. The molecule has 2 nitrogen and oxygen atoms in total. The van der Waals surface area contributed by atoms with E-state index in [4.69, 9.17) is 0 Å². The highest BCUT2D eigenvalue weighted by Crippen LogP contribution is 2.15. The number of nitrogens with zero attached hydrogens (tertiary/aromatic N) is 1. The molecule has 0 unspecified atom stereocenters. The molecule has 13 heavy (non-hydrogen) atoms. The summed E-state index contributed by atoms with van der Waals surface area (Å²) in [7, 11) is 1.14. The van der Waals surface area contributed by atoms with Gasteiger partial charge in [-0.15, -0.1) is 0 Å². The molecule has 0 atom stereocenters. The molecule has 0 heterocycles. The number of carbonyl (C=O) groups excluding carboxylic acids is 1. The molecule has 0 fully saturated rings. The first-order chi connectivity index (χ1) is 5.87. The van der Waals surface area contributed by atoms with Crippen LogP contribution in [0, 0.1) is 0 Å². The number of carbonyl (C=O) groups is 1. The van der Waals surface area contributed by atoms with E-state index in [1.54, 1.807) is 0 Å². The fourth-order valence-electron chi connectivity index (χ4n) is 0.627. The van der Waals surface area contributed by atoms with Crippen LogP contribution in [-0.2, 0) is 4.79 Å². The average molecular weight is 199 g/mol. The third kappa shape index (κ3) is 9.17. The molecule has 0 radical (unpaired) electrons.